The molecule has 1 rings (SSSR count). The standard InChI is InChI=1S/C6H10F2O3S/c1-5(2-9)3-12(10,11)4-6(5,7)8/h9H,2-4H2,1H3. The topological polar surface area (TPSA) is 54.4 Å². The van der Waals surface area contributed by atoms with Gasteiger partial charge in [0.2, 0.25) is 0 Å². The first kappa shape index (κ1) is 9.85. The molecule has 0 bridgehead atoms. The van der Waals surface area contributed by atoms with Gasteiger partial charge in [0, 0.05) is 0 Å². The van der Waals surface area contributed by atoms with Crippen LogP contribution >= 0.6 is 0 Å². The van der Waals surface area contributed by atoms with Crippen LogP contribution in [0.25, 0.3) is 0 Å². The minimum absolute atomic E-state index is 0.635. The van der Waals surface area contributed by atoms with Crippen LogP contribution in [0.5, 0.6) is 0 Å². The van der Waals surface area contributed by atoms with E-state index in [9.17, 15) is 17.2 Å². The zero-order chi connectivity index (χ0) is 9.62. The van der Waals surface area contributed by atoms with Crippen molar-refractivity contribution in [3.63, 3.8) is 0 Å². The summed E-state index contributed by atoms with van der Waals surface area (Å²) in [4.78, 5) is 0. The molecule has 0 aromatic carbocycles. The largest absolute Gasteiger partial charge is 0.396 e. The molecular weight excluding hydrogens is 190 g/mol. The lowest BCUT2D eigenvalue weighted by Crippen LogP contribution is -2.40. The summed E-state index contributed by atoms with van der Waals surface area (Å²) in [6.07, 6.45) is 0. The summed E-state index contributed by atoms with van der Waals surface area (Å²) in [7, 11) is -3.68. The molecule has 6 heteroatoms. The first-order valence-electron chi connectivity index (χ1n) is 3.42. The summed E-state index contributed by atoms with van der Waals surface area (Å²) < 4.78 is 47.6. The van der Waals surface area contributed by atoms with Crippen molar-refractivity contribution in [1.29, 1.82) is 0 Å². The number of halogens is 2. The van der Waals surface area contributed by atoms with E-state index >= 15 is 0 Å². The van der Waals surface area contributed by atoms with Crippen molar-refractivity contribution in [2.75, 3.05) is 18.1 Å². The molecule has 1 unspecified atom stereocenters. The maximum absolute atomic E-state index is 12.9. The van der Waals surface area contributed by atoms with Crippen LogP contribution in [0.3, 0.4) is 0 Å². The van der Waals surface area contributed by atoms with E-state index < -0.39 is 39.3 Å². The summed E-state index contributed by atoms with van der Waals surface area (Å²) in [5.41, 5.74) is -1.80. The van der Waals surface area contributed by atoms with Crippen LogP contribution in [0.1, 0.15) is 6.92 Å². The predicted molar refractivity (Wildman–Crippen MR) is 38.8 cm³/mol. The van der Waals surface area contributed by atoms with Crippen LogP contribution < -0.4 is 0 Å². The number of alkyl halides is 2. The Morgan fingerprint density at radius 3 is 2.08 bits per heavy atom. The van der Waals surface area contributed by atoms with Crippen molar-refractivity contribution in [3.8, 4) is 0 Å². The van der Waals surface area contributed by atoms with Crippen LogP contribution in [0.15, 0.2) is 0 Å². The van der Waals surface area contributed by atoms with Gasteiger partial charge in [0.05, 0.1) is 17.8 Å². The van der Waals surface area contributed by atoms with Crippen molar-refractivity contribution in [2.24, 2.45) is 5.41 Å². The van der Waals surface area contributed by atoms with Gasteiger partial charge >= 0.3 is 0 Å². The van der Waals surface area contributed by atoms with Crippen LogP contribution in [0.4, 0.5) is 8.78 Å². The van der Waals surface area contributed by atoms with Crippen LogP contribution in [-0.4, -0.2) is 37.6 Å². The maximum Gasteiger partial charge on any atom is 0.270 e. The lowest BCUT2D eigenvalue weighted by Gasteiger charge is -2.26. The van der Waals surface area contributed by atoms with E-state index in [1.54, 1.807) is 0 Å². The Morgan fingerprint density at radius 1 is 1.42 bits per heavy atom. The number of rotatable bonds is 1. The molecule has 3 nitrogen and oxygen atoms in total. The fraction of sp³-hybridized carbons (Fsp3) is 1.00. The number of hydrogen-bond acceptors (Lipinski definition) is 3. The molecule has 1 heterocycles. The Kier molecular flexibility index (Phi) is 1.96. The van der Waals surface area contributed by atoms with Gasteiger partial charge in [0.1, 0.15) is 5.75 Å². The highest BCUT2D eigenvalue weighted by Crippen LogP contribution is 2.44. The van der Waals surface area contributed by atoms with Crippen molar-refractivity contribution in [1.82, 2.24) is 0 Å². The van der Waals surface area contributed by atoms with Crippen molar-refractivity contribution >= 4 is 9.84 Å². The molecule has 0 saturated carbocycles. The van der Waals surface area contributed by atoms with E-state index in [-0.39, 0.29) is 0 Å². The predicted octanol–water partition coefficient (Wildman–Crippen LogP) is 0.0487. The molecule has 1 aliphatic rings. The molecule has 1 aliphatic heterocycles. The van der Waals surface area contributed by atoms with Crippen LogP contribution in [0, 0.1) is 5.41 Å². The second-order valence-electron chi connectivity index (χ2n) is 3.46. The van der Waals surface area contributed by atoms with Crippen LogP contribution in [-0.2, 0) is 9.84 Å². The van der Waals surface area contributed by atoms with Crippen LogP contribution in [0.2, 0.25) is 0 Å². The minimum atomic E-state index is -3.68. The van der Waals surface area contributed by atoms with Gasteiger partial charge in [-0.05, 0) is 0 Å². The summed E-state index contributed by atoms with van der Waals surface area (Å²) in [6, 6.07) is 0. The first-order chi connectivity index (χ1) is 5.22. The Balaban J connectivity index is 3.08. The van der Waals surface area contributed by atoms with E-state index in [4.69, 9.17) is 5.11 Å². The van der Waals surface area contributed by atoms with Gasteiger partial charge in [-0.3, -0.25) is 0 Å². The molecule has 1 saturated heterocycles. The van der Waals surface area contributed by atoms with E-state index in [0.29, 0.717) is 0 Å². The van der Waals surface area contributed by atoms with E-state index in [2.05, 4.69) is 0 Å². The molecule has 0 radical (unpaired) electrons. The molecule has 72 valence electrons. The smallest absolute Gasteiger partial charge is 0.270 e. The van der Waals surface area contributed by atoms with Crippen molar-refractivity contribution in [3.05, 3.63) is 0 Å². The Labute approximate surface area is 69.3 Å². The number of aliphatic hydroxyl groups excluding tert-OH is 1. The second kappa shape index (κ2) is 2.38. The maximum atomic E-state index is 12.9. The number of aliphatic hydroxyl groups is 1. The lowest BCUT2D eigenvalue weighted by molar-refractivity contribution is -0.0950. The Bertz CT molecular complexity index is 285. The lowest BCUT2D eigenvalue weighted by atomic mass is 9.88. The third kappa shape index (κ3) is 1.33. The number of hydrogen-bond donors (Lipinski definition) is 1. The first-order valence-corrected chi connectivity index (χ1v) is 5.24. The van der Waals surface area contributed by atoms with Crippen molar-refractivity contribution in [2.45, 2.75) is 12.8 Å². The van der Waals surface area contributed by atoms with Gasteiger partial charge in [-0.25, -0.2) is 17.2 Å². The molecule has 1 N–H and O–H groups in total. The monoisotopic (exact) mass is 200 g/mol. The third-order valence-electron chi connectivity index (χ3n) is 2.17. The molecule has 0 amide bonds. The SMILES string of the molecule is CC1(CO)CS(=O)(=O)CC1(F)F. The second-order valence-corrected chi connectivity index (χ2v) is 5.52. The average Bonchev–Trinajstić information content (AvgIpc) is 1.98. The molecule has 0 spiro atoms. The highest BCUT2D eigenvalue weighted by atomic mass is 32.2. The summed E-state index contributed by atoms with van der Waals surface area (Å²) in [5, 5.41) is 8.65. The zero-order valence-corrected chi connectivity index (χ0v) is 7.37. The van der Waals surface area contributed by atoms with E-state index in [1.807, 2.05) is 0 Å². The fourth-order valence-electron chi connectivity index (χ4n) is 1.25. The molecule has 1 atom stereocenters. The zero-order valence-electron chi connectivity index (χ0n) is 6.55. The molecule has 0 aromatic rings. The van der Waals surface area contributed by atoms with Gasteiger partial charge in [-0.15, -0.1) is 0 Å². The normalized spacial score (nSPS) is 38.3. The van der Waals surface area contributed by atoms with Gasteiger partial charge < -0.3 is 5.11 Å². The molecule has 1 fully saturated rings. The van der Waals surface area contributed by atoms with Gasteiger partial charge in [0.15, 0.2) is 9.84 Å². The Morgan fingerprint density at radius 2 is 1.92 bits per heavy atom. The average molecular weight is 200 g/mol. The highest BCUT2D eigenvalue weighted by molar-refractivity contribution is 7.91. The number of sulfone groups is 1. The molecule has 12 heavy (non-hydrogen) atoms. The minimum Gasteiger partial charge on any atom is -0.396 e. The molecule has 0 aromatic heterocycles. The van der Waals surface area contributed by atoms with Crippen molar-refractivity contribution < 1.29 is 22.3 Å². The molecular formula is C6H10F2O3S. The summed E-state index contributed by atoms with van der Waals surface area (Å²) in [5.74, 6) is -5.08. The van der Waals surface area contributed by atoms with E-state index in [0.717, 1.165) is 6.92 Å². The quantitative estimate of drug-likeness (QED) is 0.650. The van der Waals surface area contributed by atoms with E-state index in [1.165, 1.54) is 0 Å². The highest BCUT2D eigenvalue weighted by Gasteiger charge is 2.60. The summed E-state index contributed by atoms with van der Waals surface area (Å²) in [6.45, 7) is 0.275. The summed E-state index contributed by atoms with van der Waals surface area (Å²) >= 11 is 0. The Hall–Kier alpha value is -0.230. The third-order valence-corrected chi connectivity index (χ3v) is 4.05. The van der Waals surface area contributed by atoms with Gasteiger partial charge in [-0.2, -0.15) is 0 Å². The molecule has 0 aliphatic carbocycles. The van der Waals surface area contributed by atoms with Gasteiger partial charge in [0.25, 0.3) is 5.92 Å². The fourth-order valence-corrected chi connectivity index (χ4v) is 3.53. The van der Waals surface area contributed by atoms with Gasteiger partial charge in [-0.1, -0.05) is 6.92 Å².